The molecule has 2 aromatic heterocycles. The molecule has 182 valence electrons. The van der Waals surface area contributed by atoms with Gasteiger partial charge < -0.3 is 13.6 Å². The van der Waals surface area contributed by atoms with Gasteiger partial charge in [0.1, 0.15) is 23.5 Å². The Hall–Kier alpha value is -4.12. The summed E-state index contributed by atoms with van der Waals surface area (Å²) in [6.45, 7) is 13.0. The van der Waals surface area contributed by atoms with Crippen molar-refractivity contribution in [3.63, 3.8) is 0 Å². The maximum atomic E-state index is 12.8. The minimum absolute atomic E-state index is 0.316. The van der Waals surface area contributed by atoms with Gasteiger partial charge in [-0.15, -0.1) is 0 Å². The van der Waals surface area contributed by atoms with Gasteiger partial charge in [0, 0.05) is 28.0 Å². The lowest BCUT2D eigenvalue weighted by Crippen LogP contribution is -2.08. The lowest BCUT2D eigenvalue weighted by molar-refractivity contribution is 0.302. The average molecular weight is 481 g/mol. The number of rotatable bonds is 4. The SMILES string of the molecule is Cc1c(C)c(C)c(COc2ccc3c(-c4cc5ccccc5oc4=O)cc(=O)oc3c2C)c(C)c1C. The van der Waals surface area contributed by atoms with E-state index in [4.69, 9.17) is 13.6 Å². The Morgan fingerprint density at radius 2 is 1.36 bits per heavy atom. The van der Waals surface area contributed by atoms with Crippen LogP contribution >= 0.6 is 0 Å². The smallest absolute Gasteiger partial charge is 0.344 e. The van der Waals surface area contributed by atoms with Crippen molar-refractivity contribution >= 4 is 21.9 Å². The van der Waals surface area contributed by atoms with E-state index in [0.717, 1.165) is 5.39 Å². The molecule has 5 heteroatoms. The van der Waals surface area contributed by atoms with Gasteiger partial charge in [-0.25, -0.2) is 9.59 Å². The van der Waals surface area contributed by atoms with Crippen molar-refractivity contribution in [2.75, 3.05) is 0 Å². The highest BCUT2D eigenvalue weighted by Gasteiger charge is 2.18. The number of aryl methyl sites for hydroxylation is 1. The molecule has 0 spiro atoms. The van der Waals surface area contributed by atoms with Gasteiger partial charge in [-0.3, -0.25) is 0 Å². The van der Waals surface area contributed by atoms with Crippen LogP contribution in [0, 0.1) is 41.5 Å². The Balaban J connectivity index is 1.60. The quantitative estimate of drug-likeness (QED) is 0.259. The topological polar surface area (TPSA) is 69.7 Å². The molecule has 5 nitrogen and oxygen atoms in total. The first-order valence-corrected chi connectivity index (χ1v) is 12.0. The summed E-state index contributed by atoms with van der Waals surface area (Å²) in [5, 5.41) is 1.43. The van der Waals surface area contributed by atoms with Crippen molar-refractivity contribution in [2.24, 2.45) is 0 Å². The molecule has 0 aliphatic heterocycles. The van der Waals surface area contributed by atoms with Gasteiger partial charge in [0.25, 0.3) is 0 Å². The zero-order chi connectivity index (χ0) is 25.7. The van der Waals surface area contributed by atoms with Crippen molar-refractivity contribution in [2.45, 2.75) is 48.1 Å². The number of hydrogen-bond donors (Lipinski definition) is 0. The minimum atomic E-state index is -0.540. The number of benzene rings is 3. The van der Waals surface area contributed by atoms with E-state index in [-0.39, 0.29) is 0 Å². The molecule has 0 N–H and O–H groups in total. The predicted molar refractivity (Wildman–Crippen MR) is 143 cm³/mol. The second-order valence-corrected chi connectivity index (χ2v) is 9.42. The third-order valence-corrected chi connectivity index (χ3v) is 7.57. The van der Waals surface area contributed by atoms with E-state index in [1.54, 1.807) is 12.1 Å². The van der Waals surface area contributed by atoms with Crippen LogP contribution in [0.5, 0.6) is 5.75 Å². The van der Waals surface area contributed by atoms with E-state index in [1.807, 2.05) is 37.3 Å². The van der Waals surface area contributed by atoms with Crippen LogP contribution in [0.4, 0.5) is 0 Å². The van der Waals surface area contributed by atoms with E-state index < -0.39 is 11.3 Å². The summed E-state index contributed by atoms with van der Waals surface area (Å²) in [6.07, 6.45) is 0. The Bertz CT molecular complexity index is 1760. The van der Waals surface area contributed by atoms with E-state index in [1.165, 1.54) is 39.4 Å². The van der Waals surface area contributed by atoms with E-state index >= 15 is 0 Å². The molecule has 0 saturated carbocycles. The molecule has 5 aromatic rings. The van der Waals surface area contributed by atoms with Gasteiger partial charge in [-0.05, 0) is 99.2 Å². The first-order valence-electron chi connectivity index (χ1n) is 12.0. The molecule has 36 heavy (non-hydrogen) atoms. The van der Waals surface area contributed by atoms with Crippen LogP contribution < -0.4 is 16.0 Å². The van der Waals surface area contributed by atoms with Crippen molar-refractivity contribution in [1.29, 1.82) is 0 Å². The van der Waals surface area contributed by atoms with Crippen molar-refractivity contribution < 1.29 is 13.6 Å². The van der Waals surface area contributed by atoms with Crippen molar-refractivity contribution in [3.05, 3.63) is 108 Å². The van der Waals surface area contributed by atoms with E-state index in [0.29, 0.717) is 45.6 Å². The van der Waals surface area contributed by atoms with E-state index in [9.17, 15) is 9.59 Å². The fraction of sp³-hybridized carbons (Fsp3) is 0.226. The summed E-state index contributed by atoms with van der Waals surface area (Å²) in [5.41, 5.74) is 8.82. The first kappa shape index (κ1) is 23.6. The Kier molecular flexibility index (Phi) is 5.79. The Morgan fingerprint density at radius 1 is 0.694 bits per heavy atom. The second-order valence-electron chi connectivity index (χ2n) is 9.42. The van der Waals surface area contributed by atoms with Gasteiger partial charge in [-0.2, -0.15) is 0 Å². The van der Waals surface area contributed by atoms with Crippen LogP contribution in [0.2, 0.25) is 0 Å². The zero-order valence-electron chi connectivity index (χ0n) is 21.4. The average Bonchev–Trinajstić information content (AvgIpc) is 2.87. The molecule has 2 heterocycles. The highest BCUT2D eigenvalue weighted by atomic mass is 16.5. The molecule has 0 atom stereocenters. The standard InChI is InChI=1S/C31H28O5/c1-16-17(2)19(4)26(20(5)18(16)3)15-34-27-12-11-23-24(14-29(32)36-30(23)21(27)6)25-13-22-9-7-8-10-28(22)35-31(25)33/h7-14H,15H2,1-6H3. The fourth-order valence-electron chi connectivity index (χ4n) is 4.92. The molecule has 0 unspecified atom stereocenters. The summed E-state index contributed by atoms with van der Waals surface area (Å²) in [5.74, 6) is 0.628. The molecule has 0 saturated heterocycles. The lowest BCUT2D eigenvalue weighted by Gasteiger charge is -2.20. The van der Waals surface area contributed by atoms with Crippen molar-refractivity contribution in [1.82, 2.24) is 0 Å². The molecular weight excluding hydrogens is 452 g/mol. The van der Waals surface area contributed by atoms with Gasteiger partial charge in [0.15, 0.2) is 0 Å². The predicted octanol–water partition coefficient (Wildman–Crippen LogP) is 7.00. The van der Waals surface area contributed by atoms with Crippen LogP contribution in [0.25, 0.3) is 33.1 Å². The molecule has 5 rings (SSSR count). The molecule has 0 aliphatic rings. The van der Waals surface area contributed by atoms with E-state index in [2.05, 4.69) is 34.6 Å². The highest BCUT2D eigenvalue weighted by molar-refractivity contribution is 5.96. The second kappa shape index (κ2) is 8.83. The largest absolute Gasteiger partial charge is 0.488 e. The summed E-state index contributed by atoms with van der Waals surface area (Å²) < 4.78 is 17.4. The summed E-state index contributed by atoms with van der Waals surface area (Å²) in [4.78, 5) is 25.4. The summed E-state index contributed by atoms with van der Waals surface area (Å²) in [7, 11) is 0. The van der Waals surface area contributed by atoms with Crippen molar-refractivity contribution in [3.8, 4) is 16.9 Å². The molecular formula is C31H28O5. The van der Waals surface area contributed by atoms with Crippen LogP contribution in [-0.4, -0.2) is 0 Å². The molecule has 0 amide bonds. The van der Waals surface area contributed by atoms with Gasteiger partial charge in [0.2, 0.25) is 0 Å². The normalized spacial score (nSPS) is 11.4. The van der Waals surface area contributed by atoms with Gasteiger partial charge >= 0.3 is 11.3 Å². The van der Waals surface area contributed by atoms with Crippen LogP contribution in [0.15, 0.2) is 67.0 Å². The minimum Gasteiger partial charge on any atom is -0.488 e. The number of hydrogen-bond acceptors (Lipinski definition) is 5. The number of fused-ring (bicyclic) bond motifs is 2. The molecule has 0 fully saturated rings. The first-order chi connectivity index (χ1) is 17.2. The third kappa shape index (κ3) is 3.81. The van der Waals surface area contributed by atoms with Gasteiger partial charge in [-0.1, -0.05) is 18.2 Å². The number of para-hydroxylation sites is 1. The molecule has 0 aliphatic carbocycles. The van der Waals surface area contributed by atoms with Crippen LogP contribution in [-0.2, 0) is 6.61 Å². The molecule has 0 bridgehead atoms. The fourth-order valence-corrected chi connectivity index (χ4v) is 4.92. The Labute approximate surface area is 209 Å². The monoisotopic (exact) mass is 480 g/mol. The highest BCUT2D eigenvalue weighted by Crippen LogP contribution is 2.34. The summed E-state index contributed by atoms with van der Waals surface area (Å²) >= 11 is 0. The lowest BCUT2D eigenvalue weighted by atomic mass is 9.90. The molecule has 0 radical (unpaired) electrons. The summed E-state index contributed by atoms with van der Waals surface area (Å²) in [6, 6.07) is 14.1. The van der Waals surface area contributed by atoms with Gasteiger partial charge in [0.05, 0.1) is 5.56 Å². The Morgan fingerprint density at radius 3 is 2.08 bits per heavy atom. The number of ether oxygens (including phenoxy) is 1. The van der Waals surface area contributed by atoms with Crippen LogP contribution in [0.1, 0.15) is 38.9 Å². The maximum absolute atomic E-state index is 12.8. The zero-order valence-corrected chi connectivity index (χ0v) is 21.4. The maximum Gasteiger partial charge on any atom is 0.344 e. The third-order valence-electron chi connectivity index (χ3n) is 7.57. The molecule has 3 aromatic carbocycles. The van der Waals surface area contributed by atoms with Crippen LogP contribution in [0.3, 0.4) is 0 Å².